The van der Waals surface area contributed by atoms with E-state index in [1.165, 1.54) is 0 Å². The molecule has 1 aromatic rings. The van der Waals surface area contributed by atoms with E-state index in [0.717, 1.165) is 5.56 Å². The minimum absolute atomic E-state index is 0.340. The molecular weight excluding hydrogens is 270 g/mol. The van der Waals surface area contributed by atoms with E-state index in [1.807, 2.05) is 6.92 Å². The lowest BCUT2D eigenvalue weighted by atomic mass is 10.0. The average Bonchev–Trinajstić information content (AvgIpc) is 2.28. The largest absolute Gasteiger partial charge is 0.462 e. The predicted octanol–water partition coefficient (Wildman–Crippen LogP) is 3.06. The lowest BCUT2D eigenvalue weighted by Gasteiger charge is -2.07. The second-order valence-electron chi connectivity index (χ2n) is 3.18. The number of nitriles is 1. The molecule has 84 valence electrons. The van der Waals surface area contributed by atoms with Crippen LogP contribution in [0.25, 0.3) is 0 Å². The highest BCUT2D eigenvalue weighted by molar-refractivity contribution is 9.10. The Hall–Kier alpha value is -1.34. The Kier molecular flexibility index (Phi) is 4.51. The van der Waals surface area contributed by atoms with Crippen LogP contribution in [0, 0.1) is 11.3 Å². The number of esters is 1. The minimum Gasteiger partial charge on any atom is -0.462 e. The monoisotopic (exact) mass is 281 g/mol. The summed E-state index contributed by atoms with van der Waals surface area (Å²) in [6, 6.07) is 5.47. The molecule has 1 aromatic carbocycles. The summed E-state index contributed by atoms with van der Waals surface area (Å²) in [7, 11) is 0. The molecular formula is C12H12BrNO2. The standard InChI is InChI=1S/C12H12BrNO2/c1-3-8-5-10(12(15)16-4-2)11(13)6-9(8)7-14/h5-6H,3-4H2,1-2H3. The van der Waals surface area contributed by atoms with Crippen LogP contribution >= 0.6 is 15.9 Å². The number of carbonyl (C=O) groups excluding carboxylic acids is 1. The van der Waals surface area contributed by atoms with Gasteiger partial charge in [0.25, 0.3) is 0 Å². The van der Waals surface area contributed by atoms with Crippen LogP contribution in [-0.4, -0.2) is 12.6 Å². The van der Waals surface area contributed by atoms with Crippen molar-refractivity contribution in [3.63, 3.8) is 0 Å². The molecule has 0 aliphatic heterocycles. The first-order chi connectivity index (χ1) is 7.63. The summed E-state index contributed by atoms with van der Waals surface area (Å²) < 4.78 is 5.53. The quantitative estimate of drug-likeness (QED) is 0.800. The predicted molar refractivity (Wildman–Crippen MR) is 64.2 cm³/mol. The normalized spacial score (nSPS) is 9.62. The molecule has 0 aromatic heterocycles. The average molecular weight is 282 g/mol. The van der Waals surface area contributed by atoms with Crippen molar-refractivity contribution < 1.29 is 9.53 Å². The van der Waals surface area contributed by atoms with Crippen LogP contribution < -0.4 is 0 Å². The van der Waals surface area contributed by atoms with Crippen molar-refractivity contribution in [2.75, 3.05) is 6.61 Å². The first-order valence-corrected chi connectivity index (χ1v) is 5.82. The third-order valence-corrected chi connectivity index (χ3v) is 2.85. The van der Waals surface area contributed by atoms with Crippen LogP contribution in [0.5, 0.6) is 0 Å². The van der Waals surface area contributed by atoms with Gasteiger partial charge in [-0.05, 0) is 47.0 Å². The zero-order valence-corrected chi connectivity index (χ0v) is 10.8. The van der Waals surface area contributed by atoms with Gasteiger partial charge in [0.15, 0.2) is 0 Å². The van der Waals surface area contributed by atoms with E-state index in [4.69, 9.17) is 10.00 Å². The van der Waals surface area contributed by atoms with Crippen molar-refractivity contribution in [2.45, 2.75) is 20.3 Å². The van der Waals surface area contributed by atoms with Gasteiger partial charge in [0, 0.05) is 4.47 Å². The lowest BCUT2D eigenvalue weighted by molar-refractivity contribution is 0.0525. The van der Waals surface area contributed by atoms with Crippen molar-refractivity contribution in [2.24, 2.45) is 0 Å². The molecule has 0 saturated carbocycles. The fourth-order valence-corrected chi connectivity index (χ4v) is 1.89. The summed E-state index contributed by atoms with van der Waals surface area (Å²) in [4.78, 5) is 11.6. The van der Waals surface area contributed by atoms with Gasteiger partial charge in [0.05, 0.1) is 23.8 Å². The number of benzene rings is 1. The van der Waals surface area contributed by atoms with E-state index in [-0.39, 0.29) is 5.97 Å². The summed E-state index contributed by atoms with van der Waals surface area (Å²) in [5.74, 6) is -0.367. The highest BCUT2D eigenvalue weighted by Crippen LogP contribution is 2.23. The maximum absolute atomic E-state index is 11.6. The van der Waals surface area contributed by atoms with Gasteiger partial charge < -0.3 is 4.74 Å². The Morgan fingerprint density at radius 2 is 2.19 bits per heavy atom. The number of hydrogen-bond donors (Lipinski definition) is 0. The van der Waals surface area contributed by atoms with Crippen LogP contribution in [0.15, 0.2) is 16.6 Å². The molecule has 0 saturated heterocycles. The molecule has 3 nitrogen and oxygen atoms in total. The van der Waals surface area contributed by atoms with Gasteiger partial charge in [-0.3, -0.25) is 0 Å². The first kappa shape index (κ1) is 12.7. The van der Waals surface area contributed by atoms with E-state index in [2.05, 4.69) is 22.0 Å². The number of halogens is 1. The Morgan fingerprint density at radius 1 is 1.50 bits per heavy atom. The SMILES string of the molecule is CCOC(=O)c1cc(CC)c(C#N)cc1Br. The molecule has 0 N–H and O–H groups in total. The van der Waals surface area contributed by atoms with E-state index >= 15 is 0 Å². The fraction of sp³-hybridized carbons (Fsp3) is 0.333. The molecule has 0 atom stereocenters. The van der Waals surface area contributed by atoms with Crippen molar-refractivity contribution in [3.05, 3.63) is 33.3 Å². The van der Waals surface area contributed by atoms with Crippen LogP contribution in [0.1, 0.15) is 35.3 Å². The Morgan fingerprint density at radius 3 is 2.69 bits per heavy atom. The number of rotatable bonds is 3. The molecule has 0 amide bonds. The minimum atomic E-state index is -0.367. The van der Waals surface area contributed by atoms with Crippen LogP contribution in [0.2, 0.25) is 0 Å². The van der Waals surface area contributed by atoms with Crippen molar-refractivity contribution in [3.8, 4) is 6.07 Å². The summed E-state index contributed by atoms with van der Waals surface area (Å²) in [6.07, 6.45) is 0.711. The second-order valence-corrected chi connectivity index (χ2v) is 4.03. The maximum Gasteiger partial charge on any atom is 0.339 e. The number of ether oxygens (including phenoxy) is 1. The van der Waals surface area contributed by atoms with Crippen molar-refractivity contribution in [1.82, 2.24) is 0 Å². The molecule has 0 radical (unpaired) electrons. The second kappa shape index (κ2) is 5.66. The third kappa shape index (κ3) is 2.61. The molecule has 0 unspecified atom stereocenters. The van der Waals surface area contributed by atoms with E-state index in [0.29, 0.717) is 28.6 Å². The first-order valence-electron chi connectivity index (χ1n) is 5.03. The van der Waals surface area contributed by atoms with Gasteiger partial charge in [0.2, 0.25) is 0 Å². The Bertz CT molecular complexity index is 449. The van der Waals surface area contributed by atoms with E-state index < -0.39 is 0 Å². The van der Waals surface area contributed by atoms with Crippen molar-refractivity contribution >= 4 is 21.9 Å². The number of aryl methyl sites for hydroxylation is 1. The van der Waals surface area contributed by atoms with Gasteiger partial charge >= 0.3 is 5.97 Å². The number of nitrogens with zero attached hydrogens (tertiary/aromatic N) is 1. The topological polar surface area (TPSA) is 50.1 Å². The van der Waals surface area contributed by atoms with Crippen LogP contribution in [0.4, 0.5) is 0 Å². The zero-order valence-electron chi connectivity index (χ0n) is 9.21. The molecule has 0 spiro atoms. The van der Waals surface area contributed by atoms with E-state index in [9.17, 15) is 4.79 Å². The van der Waals surface area contributed by atoms with Gasteiger partial charge in [-0.1, -0.05) is 6.92 Å². The molecule has 0 bridgehead atoms. The molecule has 0 heterocycles. The molecule has 0 aliphatic carbocycles. The Balaban J connectivity index is 3.22. The fourth-order valence-electron chi connectivity index (χ4n) is 1.38. The van der Waals surface area contributed by atoms with Gasteiger partial charge in [-0.15, -0.1) is 0 Å². The number of hydrogen-bond acceptors (Lipinski definition) is 3. The summed E-state index contributed by atoms with van der Waals surface area (Å²) >= 11 is 3.27. The highest BCUT2D eigenvalue weighted by atomic mass is 79.9. The molecule has 0 aliphatic rings. The third-order valence-electron chi connectivity index (χ3n) is 2.19. The summed E-state index contributed by atoms with van der Waals surface area (Å²) in [5.41, 5.74) is 1.91. The van der Waals surface area contributed by atoms with E-state index in [1.54, 1.807) is 19.1 Å². The van der Waals surface area contributed by atoms with Crippen LogP contribution in [0.3, 0.4) is 0 Å². The summed E-state index contributed by atoms with van der Waals surface area (Å²) in [6.45, 7) is 4.04. The molecule has 1 rings (SSSR count). The Labute approximate surface area is 103 Å². The molecule has 16 heavy (non-hydrogen) atoms. The summed E-state index contributed by atoms with van der Waals surface area (Å²) in [5, 5.41) is 8.92. The molecule has 0 fully saturated rings. The van der Waals surface area contributed by atoms with Gasteiger partial charge in [0.1, 0.15) is 0 Å². The lowest BCUT2D eigenvalue weighted by Crippen LogP contribution is -2.07. The van der Waals surface area contributed by atoms with Crippen LogP contribution in [-0.2, 0) is 11.2 Å². The highest BCUT2D eigenvalue weighted by Gasteiger charge is 2.14. The maximum atomic E-state index is 11.6. The molecule has 4 heteroatoms. The number of carbonyl (C=O) groups is 1. The van der Waals surface area contributed by atoms with Gasteiger partial charge in [-0.25, -0.2) is 4.79 Å². The smallest absolute Gasteiger partial charge is 0.339 e. The van der Waals surface area contributed by atoms with Crippen molar-refractivity contribution in [1.29, 1.82) is 5.26 Å². The zero-order chi connectivity index (χ0) is 12.1. The van der Waals surface area contributed by atoms with Gasteiger partial charge in [-0.2, -0.15) is 5.26 Å².